The Bertz CT molecular complexity index is 410. The first-order chi connectivity index (χ1) is 9.24. The third-order valence-corrected chi connectivity index (χ3v) is 3.40. The number of hydrogen-bond acceptors (Lipinski definition) is 5. The standard InChI is InChI=1S/C14H23N3O2/c1-3-19-14-12(15)6-7-13(16-14)17-8-4-5-11(9-17)10-18-2/h6-7,11H,3-5,8-10,15H2,1-2H3. The minimum Gasteiger partial charge on any atom is -0.476 e. The Morgan fingerprint density at radius 3 is 3.05 bits per heavy atom. The van der Waals surface area contributed by atoms with Crippen molar-refractivity contribution in [2.24, 2.45) is 5.92 Å². The fourth-order valence-corrected chi connectivity index (χ4v) is 2.51. The normalized spacial score (nSPS) is 19.5. The molecule has 0 aromatic carbocycles. The Balaban J connectivity index is 2.10. The van der Waals surface area contributed by atoms with Crippen molar-refractivity contribution in [3.8, 4) is 5.88 Å². The number of nitrogens with two attached hydrogens (primary N) is 1. The minimum atomic E-state index is 0.536. The van der Waals surface area contributed by atoms with Crippen LogP contribution >= 0.6 is 0 Å². The van der Waals surface area contributed by atoms with Gasteiger partial charge in [-0.1, -0.05) is 0 Å². The van der Waals surface area contributed by atoms with E-state index < -0.39 is 0 Å². The SMILES string of the molecule is CCOc1nc(N2CCCC(COC)C2)ccc1N. The van der Waals surface area contributed by atoms with Crippen LogP contribution in [0.25, 0.3) is 0 Å². The van der Waals surface area contributed by atoms with Gasteiger partial charge in [0, 0.05) is 20.2 Å². The average molecular weight is 265 g/mol. The summed E-state index contributed by atoms with van der Waals surface area (Å²) in [6, 6.07) is 3.83. The van der Waals surface area contributed by atoms with Crippen LogP contribution < -0.4 is 15.4 Å². The van der Waals surface area contributed by atoms with Crippen LogP contribution in [0.5, 0.6) is 5.88 Å². The molecule has 106 valence electrons. The molecule has 1 aliphatic rings. The van der Waals surface area contributed by atoms with Crippen LogP contribution in [0.3, 0.4) is 0 Å². The van der Waals surface area contributed by atoms with Gasteiger partial charge in [-0.2, -0.15) is 4.98 Å². The van der Waals surface area contributed by atoms with E-state index in [0.29, 0.717) is 24.1 Å². The molecular weight excluding hydrogens is 242 g/mol. The molecule has 0 aliphatic carbocycles. The maximum absolute atomic E-state index is 5.85. The number of rotatable bonds is 5. The van der Waals surface area contributed by atoms with Crippen molar-refractivity contribution >= 4 is 11.5 Å². The van der Waals surface area contributed by atoms with E-state index in [0.717, 1.165) is 25.5 Å². The fourth-order valence-electron chi connectivity index (χ4n) is 2.51. The van der Waals surface area contributed by atoms with Crippen molar-refractivity contribution in [3.05, 3.63) is 12.1 Å². The van der Waals surface area contributed by atoms with E-state index in [2.05, 4.69) is 9.88 Å². The molecule has 1 saturated heterocycles. The molecule has 19 heavy (non-hydrogen) atoms. The van der Waals surface area contributed by atoms with Gasteiger partial charge >= 0.3 is 0 Å². The van der Waals surface area contributed by atoms with Gasteiger partial charge in [0.1, 0.15) is 5.82 Å². The molecule has 1 aromatic heterocycles. The van der Waals surface area contributed by atoms with E-state index in [-0.39, 0.29) is 0 Å². The number of anilines is 2. The zero-order valence-electron chi connectivity index (χ0n) is 11.8. The largest absolute Gasteiger partial charge is 0.476 e. The van der Waals surface area contributed by atoms with Gasteiger partial charge in [-0.15, -0.1) is 0 Å². The maximum Gasteiger partial charge on any atom is 0.239 e. The number of ether oxygens (including phenoxy) is 2. The van der Waals surface area contributed by atoms with E-state index in [9.17, 15) is 0 Å². The predicted molar refractivity (Wildman–Crippen MR) is 76.6 cm³/mol. The lowest BCUT2D eigenvalue weighted by Crippen LogP contribution is -2.37. The summed E-state index contributed by atoms with van der Waals surface area (Å²) in [5.41, 5.74) is 6.45. The topological polar surface area (TPSA) is 60.6 Å². The lowest BCUT2D eigenvalue weighted by atomic mass is 9.99. The van der Waals surface area contributed by atoms with Crippen LogP contribution in [-0.2, 0) is 4.74 Å². The first-order valence-electron chi connectivity index (χ1n) is 6.87. The first kappa shape index (κ1) is 13.9. The summed E-state index contributed by atoms with van der Waals surface area (Å²) in [5.74, 6) is 2.06. The van der Waals surface area contributed by atoms with Crippen molar-refractivity contribution in [2.45, 2.75) is 19.8 Å². The number of pyridine rings is 1. The van der Waals surface area contributed by atoms with Crippen molar-refractivity contribution in [1.82, 2.24) is 4.98 Å². The highest BCUT2D eigenvalue weighted by molar-refractivity contribution is 5.54. The van der Waals surface area contributed by atoms with E-state index in [4.69, 9.17) is 15.2 Å². The zero-order valence-corrected chi connectivity index (χ0v) is 11.8. The second kappa shape index (κ2) is 6.61. The smallest absolute Gasteiger partial charge is 0.239 e. The van der Waals surface area contributed by atoms with Gasteiger partial charge in [0.25, 0.3) is 0 Å². The van der Waals surface area contributed by atoms with Crippen LogP contribution in [0.4, 0.5) is 11.5 Å². The Kier molecular flexibility index (Phi) is 4.85. The second-order valence-electron chi connectivity index (χ2n) is 4.91. The van der Waals surface area contributed by atoms with E-state index in [1.165, 1.54) is 12.8 Å². The molecule has 2 N–H and O–H groups in total. The highest BCUT2D eigenvalue weighted by Crippen LogP contribution is 2.26. The van der Waals surface area contributed by atoms with Gasteiger partial charge in [0.05, 0.1) is 18.9 Å². The lowest BCUT2D eigenvalue weighted by Gasteiger charge is -2.33. The monoisotopic (exact) mass is 265 g/mol. The van der Waals surface area contributed by atoms with Crippen LogP contribution in [-0.4, -0.2) is 38.4 Å². The number of nitrogens with zero attached hydrogens (tertiary/aromatic N) is 2. The highest BCUT2D eigenvalue weighted by atomic mass is 16.5. The Labute approximate surface area is 114 Å². The molecular formula is C14H23N3O2. The lowest BCUT2D eigenvalue weighted by molar-refractivity contribution is 0.143. The number of nitrogen functional groups attached to an aromatic ring is 1. The summed E-state index contributed by atoms with van der Waals surface area (Å²) < 4.78 is 10.7. The molecule has 0 amide bonds. The molecule has 2 heterocycles. The van der Waals surface area contributed by atoms with Crippen molar-refractivity contribution in [2.75, 3.05) is 44.0 Å². The fraction of sp³-hybridized carbons (Fsp3) is 0.643. The van der Waals surface area contributed by atoms with Gasteiger partial charge in [0.2, 0.25) is 5.88 Å². The quantitative estimate of drug-likeness (QED) is 0.881. The molecule has 2 rings (SSSR count). The van der Waals surface area contributed by atoms with Crippen molar-refractivity contribution < 1.29 is 9.47 Å². The van der Waals surface area contributed by atoms with Gasteiger partial charge in [0.15, 0.2) is 0 Å². The summed E-state index contributed by atoms with van der Waals surface area (Å²) in [5, 5.41) is 0. The summed E-state index contributed by atoms with van der Waals surface area (Å²) >= 11 is 0. The van der Waals surface area contributed by atoms with Crippen LogP contribution in [0.2, 0.25) is 0 Å². The van der Waals surface area contributed by atoms with Gasteiger partial charge in [-0.3, -0.25) is 0 Å². The molecule has 0 saturated carbocycles. The molecule has 5 nitrogen and oxygen atoms in total. The van der Waals surface area contributed by atoms with Gasteiger partial charge in [-0.25, -0.2) is 0 Å². The van der Waals surface area contributed by atoms with Crippen molar-refractivity contribution in [1.29, 1.82) is 0 Å². The molecule has 0 bridgehead atoms. The number of piperidine rings is 1. The van der Waals surface area contributed by atoms with E-state index >= 15 is 0 Å². The molecule has 5 heteroatoms. The molecule has 1 aromatic rings. The molecule has 1 atom stereocenters. The summed E-state index contributed by atoms with van der Waals surface area (Å²) in [7, 11) is 1.76. The number of methoxy groups -OCH3 is 1. The zero-order chi connectivity index (χ0) is 13.7. The van der Waals surface area contributed by atoms with Crippen LogP contribution in [0.1, 0.15) is 19.8 Å². The van der Waals surface area contributed by atoms with Crippen LogP contribution in [0, 0.1) is 5.92 Å². The summed E-state index contributed by atoms with van der Waals surface area (Å²) in [6.45, 7) is 5.33. The Morgan fingerprint density at radius 1 is 1.47 bits per heavy atom. The maximum atomic E-state index is 5.85. The predicted octanol–water partition coefficient (Wildman–Crippen LogP) is 1.93. The molecule has 0 spiro atoms. The average Bonchev–Trinajstić information content (AvgIpc) is 2.42. The van der Waals surface area contributed by atoms with E-state index in [1.54, 1.807) is 7.11 Å². The van der Waals surface area contributed by atoms with Crippen LogP contribution in [0.15, 0.2) is 12.1 Å². The Hall–Kier alpha value is -1.49. The molecule has 1 aliphatic heterocycles. The molecule has 1 fully saturated rings. The third kappa shape index (κ3) is 3.50. The molecule has 0 radical (unpaired) electrons. The third-order valence-electron chi connectivity index (χ3n) is 3.40. The highest BCUT2D eigenvalue weighted by Gasteiger charge is 2.21. The van der Waals surface area contributed by atoms with E-state index in [1.807, 2.05) is 19.1 Å². The molecule has 1 unspecified atom stereocenters. The second-order valence-corrected chi connectivity index (χ2v) is 4.91. The Morgan fingerprint density at radius 2 is 2.32 bits per heavy atom. The number of aromatic nitrogens is 1. The van der Waals surface area contributed by atoms with Gasteiger partial charge < -0.3 is 20.1 Å². The van der Waals surface area contributed by atoms with Crippen molar-refractivity contribution in [3.63, 3.8) is 0 Å². The minimum absolute atomic E-state index is 0.536. The summed E-state index contributed by atoms with van der Waals surface area (Å²) in [4.78, 5) is 6.81. The number of hydrogen-bond donors (Lipinski definition) is 1. The first-order valence-corrected chi connectivity index (χ1v) is 6.87. The summed E-state index contributed by atoms with van der Waals surface area (Å²) in [6.07, 6.45) is 2.39. The van der Waals surface area contributed by atoms with Gasteiger partial charge in [-0.05, 0) is 37.8 Å².